The van der Waals surface area contributed by atoms with Gasteiger partial charge in [0.15, 0.2) is 0 Å². The Hall–Kier alpha value is -6.55. The van der Waals surface area contributed by atoms with Crippen molar-refractivity contribution in [3.8, 4) is 90.2 Å². The van der Waals surface area contributed by atoms with Crippen LogP contribution in [0, 0.1) is 6.07 Å². The molecule has 332 valence electrons. The molecule has 66 heavy (non-hydrogen) atoms. The summed E-state index contributed by atoms with van der Waals surface area (Å²) < 4.78 is 9.05. The summed E-state index contributed by atoms with van der Waals surface area (Å²) in [4.78, 5) is 11.0. The number of fused-ring (bicyclic) bond motifs is 6. The fourth-order valence-corrected chi connectivity index (χ4v) is 9.03. The molecule has 0 aliphatic carbocycles. The molecular weight excluding hydrogens is 990 g/mol. The first-order valence-electron chi connectivity index (χ1n) is 22.5. The van der Waals surface area contributed by atoms with Crippen molar-refractivity contribution in [1.29, 1.82) is 0 Å². The van der Waals surface area contributed by atoms with Crippen molar-refractivity contribution < 1.29 is 30.9 Å². The van der Waals surface area contributed by atoms with Gasteiger partial charge in [0.2, 0.25) is 0 Å². The van der Waals surface area contributed by atoms with Gasteiger partial charge in [-0.15, -0.1) is 35.4 Å². The van der Waals surface area contributed by atoms with Crippen LogP contribution in [0.4, 0.5) is 0 Å². The minimum absolute atomic E-state index is 0. The molecule has 0 atom stereocenters. The minimum Gasteiger partial charge on any atom is -0.507 e. The van der Waals surface area contributed by atoms with Gasteiger partial charge in [0.05, 0.1) is 28.0 Å². The number of hydrogen-bond acceptors (Lipinski definition) is 4. The normalized spacial score (nSPS) is 12.4. The first kappa shape index (κ1) is 44.6. The minimum atomic E-state index is -0.344. The van der Waals surface area contributed by atoms with Crippen LogP contribution in [0.2, 0.25) is 0 Å². The van der Waals surface area contributed by atoms with Crippen molar-refractivity contribution in [3.05, 3.63) is 180 Å². The van der Waals surface area contributed by atoms with Gasteiger partial charge in [0.25, 0.3) is 0 Å². The van der Waals surface area contributed by atoms with Gasteiger partial charge in [-0.1, -0.05) is 159 Å². The van der Waals surface area contributed by atoms with Gasteiger partial charge in [-0.2, -0.15) is 0 Å². The maximum absolute atomic E-state index is 12.5. The molecule has 1 aliphatic heterocycles. The van der Waals surface area contributed by atoms with Crippen LogP contribution in [-0.2, 0) is 37.3 Å². The van der Waals surface area contributed by atoms with E-state index in [0.29, 0.717) is 11.4 Å². The quantitative estimate of drug-likeness (QED) is 0.175. The van der Waals surface area contributed by atoms with Gasteiger partial charge in [0.1, 0.15) is 23.1 Å². The van der Waals surface area contributed by atoms with E-state index in [1.165, 1.54) is 0 Å². The first-order valence-corrected chi connectivity index (χ1v) is 22.5. The molecular formula is C60H54N3O2Pt-. The second-order valence-corrected chi connectivity index (χ2v) is 20.4. The number of para-hydroxylation sites is 2. The number of phenolic OH excluding ortho intramolecular Hbond substituents is 1. The molecule has 0 saturated heterocycles. The third kappa shape index (κ3) is 8.09. The summed E-state index contributed by atoms with van der Waals surface area (Å²) in [6, 6.07) is 58.3. The van der Waals surface area contributed by atoms with Gasteiger partial charge in [-0.25, -0.2) is 4.98 Å². The van der Waals surface area contributed by atoms with Crippen molar-refractivity contribution in [2.75, 3.05) is 0 Å². The zero-order valence-electron chi connectivity index (χ0n) is 39.0. The van der Waals surface area contributed by atoms with E-state index in [9.17, 15) is 5.11 Å². The fourth-order valence-electron chi connectivity index (χ4n) is 9.03. The van der Waals surface area contributed by atoms with E-state index < -0.39 is 0 Å². The molecule has 1 N–H and O–H groups in total. The average Bonchev–Trinajstić information content (AvgIpc) is 3.61. The number of aromatic hydroxyl groups is 1. The number of aromatic nitrogens is 3. The van der Waals surface area contributed by atoms with Crippen LogP contribution in [0.5, 0.6) is 17.2 Å². The van der Waals surface area contributed by atoms with Crippen molar-refractivity contribution in [2.45, 2.75) is 78.6 Å². The summed E-state index contributed by atoms with van der Waals surface area (Å²) in [5, 5.41) is 12.5. The van der Waals surface area contributed by atoms with Crippen molar-refractivity contribution >= 4 is 11.0 Å². The SMILES string of the molecule is CC(C)(C)c1cc(-c2[c-]ccc(-c3ccccc3)c2)nc(-c2cccc3c2nc(-c2cc(C(C)(C)C)cc(C(C)(C)C)c2O)n3-c2ccc3c(c2)Oc2ccccc2-c2ccccc2-3)c1.[Pt]. The Morgan fingerprint density at radius 3 is 1.82 bits per heavy atom. The second kappa shape index (κ2) is 16.7. The van der Waals surface area contributed by atoms with E-state index in [1.807, 2.05) is 24.3 Å². The molecule has 9 aromatic rings. The smallest absolute Gasteiger partial charge is 0.149 e. The predicted molar refractivity (Wildman–Crippen MR) is 268 cm³/mol. The topological polar surface area (TPSA) is 60.2 Å². The largest absolute Gasteiger partial charge is 0.507 e. The van der Waals surface area contributed by atoms with Crippen molar-refractivity contribution in [3.63, 3.8) is 0 Å². The number of pyridine rings is 1. The Labute approximate surface area is 403 Å². The third-order valence-electron chi connectivity index (χ3n) is 12.7. The standard InChI is InChI=1S/C60H54N3O2.Pt/c1-58(2,3)40-32-48(56(64)49(33-40)60(7,8)9)57-62-55-47(51-35-41(59(4,5)6)34-50(61-51)39-22-17-21-38(31-39)37-19-11-10-12-20-37)26-18-27-52(55)63(57)42-29-30-46-44-24-14-13-23-43(44)45-25-15-16-28-53(45)65-54(46)36-42;/h10-21,23-36,64H,1-9H3;/q-1;. The van der Waals surface area contributed by atoms with Gasteiger partial charge >= 0.3 is 0 Å². The van der Waals surface area contributed by atoms with Crippen LogP contribution in [0.1, 0.15) is 79.0 Å². The molecule has 0 fully saturated rings. The molecule has 5 nitrogen and oxygen atoms in total. The molecule has 0 unspecified atom stereocenters. The molecule has 7 aromatic carbocycles. The summed E-state index contributed by atoms with van der Waals surface area (Å²) in [5.41, 5.74) is 15.6. The molecule has 3 heterocycles. The Morgan fingerprint density at radius 1 is 0.500 bits per heavy atom. The Kier molecular flexibility index (Phi) is 11.3. The van der Waals surface area contributed by atoms with Crippen LogP contribution in [0.15, 0.2) is 158 Å². The maximum Gasteiger partial charge on any atom is 0.149 e. The summed E-state index contributed by atoms with van der Waals surface area (Å²) in [7, 11) is 0. The number of imidazole rings is 1. The zero-order valence-corrected chi connectivity index (χ0v) is 41.3. The molecule has 1 aliphatic rings. The van der Waals surface area contributed by atoms with Crippen LogP contribution in [0.25, 0.3) is 84.0 Å². The number of rotatable bonds is 5. The van der Waals surface area contributed by atoms with Gasteiger partial charge in [-0.05, 0) is 86.2 Å². The molecule has 0 spiro atoms. The second-order valence-electron chi connectivity index (χ2n) is 20.4. The zero-order chi connectivity index (χ0) is 45.4. The van der Waals surface area contributed by atoms with Crippen LogP contribution in [0.3, 0.4) is 0 Å². The molecule has 10 rings (SSSR count). The Balaban J connectivity index is 0.00000548. The third-order valence-corrected chi connectivity index (χ3v) is 12.7. The van der Waals surface area contributed by atoms with Gasteiger partial charge in [-0.3, -0.25) is 9.55 Å². The summed E-state index contributed by atoms with van der Waals surface area (Å²) in [5.74, 6) is 2.39. The van der Waals surface area contributed by atoms with E-state index in [1.54, 1.807) is 0 Å². The average molecular weight is 1040 g/mol. The van der Waals surface area contributed by atoms with Crippen LogP contribution in [-0.4, -0.2) is 19.6 Å². The number of nitrogens with zero attached hydrogens (tertiary/aromatic N) is 3. The summed E-state index contributed by atoms with van der Waals surface area (Å²) in [6.07, 6.45) is 0. The molecule has 0 radical (unpaired) electrons. The van der Waals surface area contributed by atoms with E-state index in [0.717, 1.165) is 101 Å². The van der Waals surface area contributed by atoms with Gasteiger partial charge in [0, 0.05) is 49.4 Å². The Morgan fingerprint density at radius 2 is 1.12 bits per heavy atom. The summed E-state index contributed by atoms with van der Waals surface area (Å²) >= 11 is 0. The van der Waals surface area contributed by atoms with Crippen molar-refractivity contribution in [2.24, 2.45) is 0 Å². The molecule has 2 aromatic heterocycles. The van der Waals surface area contributed by atoms with E-state index in [4.69, 9.17) is 14.7 Å². The Bertz CT molecular complexity index is 3310. The molecule has 0 bridgehead atoms. The maximum atomic E-state index is 12.5. The summed E-state index contributed by atoms with van der Waals surface area (Å²) in [6.45, 7) is 19.8. The van der Waals surface area contributed by atoms with Gasteiger partial charge < -0.3 is 9.84 Å². The molecule has 0 amide bonds. The monoisotopic (exact) mass is 1040 g/mol. The number of benzene rings is 7. The molecule has 0 saturated carbocycles. The number of hydrogen-bond donors (Lipinski definition) is 1. The van der Waals surface area contributed by atoms with Crippen LogP contribution >= 0.6 is 0 Å². The van der Waals surface area contributed by atoms with Crippen molar-refractivity contribution in [1.82, 2.24) is 14.5 Å². The first-order chi connectivity index (χ1) is 31.0. The van der Waals surface area contributed by atoms with Crippen LogP contribution < -0.4 is 4.74 Å². The number of ether oxygens (including phenoxy) is 1. The fraction of sp³-hybridized carbons (Fsp3) is 0.200. The predicted octanol–water partition coefficient (Wildman–Crippen LogP) is 15.9. The van der Waals surface area contributed by atoms with E-state index in [2.05, 4.69) is 206 Å². The number of phenols is 1. The van der Waals surface area contributed by atoms with E-state index >= 15 is 0 Å². The van der Waals surface area contributed by atoms with E-state index in [-0.39, 0.29) is 43.1 Å². The molecule has 6 heteroatoms.